The van der Waals surface area contributed by atoms with Gasteiger partial charge in [-0.25, -0.2) is 8.42 Å². The Balaban J connectivity index is 1.79. The van der Waals surface area contributed by atoms with E-state index in [2.05, 4.69) is 9.89 Å². The molecule has 0 fully saturated rings. The van der Waals surface area contributed by atoms with E-state index in [-0.39, 0.29) is 13.0 Å². The molecule has 0 aliphatic rings. The predicted molar refractivity (Wildman–Crippen MR) is 112 cm³/mol. The SMILES string of the molecule is C[C@](CC(=O)O)(c1ccc(OCc2ccc(OC(F)(F)F)c(S(C)(=O)=O)c2)cc1)c1ccon1. The molecule has 1 aromatic heterocycles. The summed E-state index contributed by atoms with van der Waals surface area (Å²) in [6.07, 6.45) is -3.15. The van der Waals surface area contributed by atoms with Gasteiger partial charge in [0.15, 0.2) is 9.84 Å². The average Bonchev–Trinajstić information content (AvgIpc) is 3.26. The van der Waals surface area contributed by atoms with Crippen LogP contribution < -0.4 is 9.47 Å². The highest BCUT2D eigenvalue weighted by Gasteiger charge is 2.35. The Kier molecular flexibility index (Phi) is 6.92. The topological polar surface area (TPSA) is 116 Å². The van der Waals surface area contributed by atoms with Crippen molar-refractivity contribution in [1.82, 2.24) is 5.16 Å². The number of aliphatic carboxylic acids is 1. The van der Waals surface area contributed by atoms with E-state index in [1.54, 1.807) is 37.3 Å². The third kappa shape index (κ3) is 6.07. The van der Waals surface area contributed by atoms with Gasteiger partial charge in [-0.1, -0.05) is 23.4 Å². The molecule has 0 saturated carbocycles. The van der Waals surface area contributed by atoms with Gasteiger partial charge in [0.05, 0.1) is 12.1 Å². The number of ether oxygens (including phenoxy) is 2. The van der Waals surface area contributed by atoms with Gasteiger partial charge in [0.1, 0.15) is 29.3 Å². The lowest BCUT2D eigenvalue weighted by atomic mass is 9.77. The van der Waals surface area contributed by atoms with Crippen molar-refractivity contribution in [2.45, 2.75) is 36.6 Å². The fraction of sp³-hybridized carbons (Fsp3) is 0.273. The zero-order chi connectivity index (χ0) is 25.1. The number of alkyl halides is 3. The van der Waals surface area contributed by atoms with Crippen LogP contribution in [0.15, 0.2) is 64.2 Å². The van der Waals surface area contributed by atoms with E-state index in [1.165, 1.54) is 12.3 Å². The zero-order valence-electron chi connectivity index (χ0n) is 18.0. The molecule has 8 nitrogen and oxygen atoms in total. The highest BCUT2D eigenvalue weighted by Crippen LogP contribution is 2.35. The first-order valence-corrected chi connectivity index (χ1v) is 11.6. The van der Waals surface area contributed by atoms with E-state index in [1.807, 2.05) is 0 Å². The number of benzene rings is 2. The summed E-state index contributed by atoms with van der Waals surface area (Å²) in [5, 5.41) is 13.2. The first-order chi connectivity index (χ1) is 15.8. The second-order valence-electron chi connectivity index (χ2n) is 7.70. The Bertz CT molecular complexity index is 1260. The van der Waals surface area contributed by atoms with Gasteiger partial charge in [-0.3, -0.25) is 4.79 Å². The average molecular weight is 499 g/mol. The third-order valence-electron chi connectivity index (χ3n) is 5.04. The number of carboxylic acids is 1. The summed E-state index contributed by atoms with van der Waals surface area (Å²) in [6, 6.07) is 11.3. The predicted octanol–water partition coefficient (Wildman–Crippen LogP) is 4.34. The normalized spacial score (nSPS) is 13.8. The van der Waals surface area contributed by atoms with Crippen LogP contribution in [0.4, 0.5) is 13.2 Å². The first kappa shape index (κ1) is 25.1. The van der Waals surface area contributed by atoms with Crippen molar-refractivity contribution < 1.29 is 45.5 Å². The molecule has 0 amide bonds. The Hall–Kier alpha value is -3.54. The summed E-state index contributed by atoms with van der Waals surface area (Å²) in [5.74, 6) is -1.47. The van der Waals surface area contributed by atoms with E-state index < -0.39 is 38.2 Å². The number of nitrogens with zero attached hydrogens (tertiary/aromatic N) is 1. The summed E-state index contributed by atoms with van der Waals surface area (Å²) in [5.41, 5.74) is 0.426. The van der Waals surface area contributed by atoms with E-state index in [9.17, 15) is 31.5 Å². The molecule has 12 heteroatoms. The van der Waals surface area contributed by atoms with Crippen LogP contribution in [0.1, 0.15) is 30.2 Å². The second-order valence-corrected chi connectivity index (χ2v) is 9.69. The summed E-state index contributed by atoms with van der Waals surface area (Å²) in [6.45, 7) is 1.58. The highest BCUT2D eigenvalue weighted by atomic mass is 32.2. The number of carboxylic acid groups (broad SMARTS) is 1. The van der Waals surface area contributed by atoms with Gasteiger partial charge in [0.25, 0.3) is 0 Å². The minimum atomic E-state index is -5.04. The van der Waals surface area contributed by atoms with Crippen molar-refractivity contribution in [3.8, 4) is 11.5 Å². The maximum atomic E-state index is 12.6. The lowest BCUT2D eigenvalue weighted by Crippen LogP contribution is -2.27. The summed E-state index contributed by atoms with van der Waals surface area (Å²) in [7, 11) is -4.01. The van der Waals surface area contributed by atoms with E-state index in [4.69, 9.17) is 9.26 Å². The first-order valence-electron chi connectivity index (χ1n) is 9.73. The number of carbonyl (C=O) groups is 1. The standard InChI is InChI=1S/C22H20F3NO7S/c1-21(12-20(27)28,19-9-10-32-26-19)15-4-6-16(7-5-15)31-13-14-3-8-17(33-22(23,24)25)18(11-14)34(2,29)30/h3-11H,12-13H2,1-2H3,(H,27,28)/t21-/m0/s1. The number of hydrogen-bond donors (Lipinski definition) is 1. The van der Waals surface area contributed by atoms with Gasteiger partial charge in [-0.15, -0.1) is 13.2 Å². The molecule has 182 valence electrons. The van der Waals surface area contributed by atoms with Gasteiger partial charge < -0.3 is 19.1 Å². The lowest BCUT2D eigenvalue weighted by molar-refractivity contribution is -0.275. The summed E-state index contributed by atoms with van der Waals surface area (Å²) >= 11 is 0. The largest absolute Gasteiger partial charge is 0.573 e. The maximum absolute atomic E-state index is 12.6. The maximum Gasteiger partial charge on any atom is 0.573 e. The molecule has 1 N–H and O–H groups in total. The van der Waals surface area contributed by atoms with Crippen LogP contribution in [0.5, 0.6) is 11.5 Å². The van der Waals surface area contributed by atoms with Gasteiger partial charge in [-0.2, -0.15) is 0 Å². The Morgan fingerprint density at radius 2 is 1.79 bits per heavy atom. The number of halogens is 3. The van der Waals surface area contributed by atoms with Gasteiger partial charge >= 0.3 is 12.3 Å². The quantitative estimate of drug-likeness (QED) is 0.462. The van der Waals surface area contributed by atoms with Crippen molar-refractivity contribution in [2.75, 3.05) is 6.26 Å². The molecule has 0 spiro atoms. The number of sulfone groups is 1. The van der Waals surface area contributed by atoms with Crippen LogP contribution in [0, 0.1) is 0 Å². The molecule has 34 heavy (non-hydrogen) atoms. The van der Waals surface area contributed by atoms with E-state index >= 15 is 0 Å². The fourth-order valence-electron chi connectivity index (χ4n) is 3.37. The van der Waals surface area contributed by atoms with Crippen molar-refractivity contribution in [3.63, 3.8) is 0 Å². The van der Waals surface area contributed by atoms with Gasteiger partial charge in [0.2, 0.25) is 0 Å². The molecule has 3 rings (SSSR count). The van der Waals surface area contributed by atoms with Crippen molar-refractivity contribution in [3.05, 3.63) is 71.6 Å². The number of rotatable bonds is 9. The Morgan fingerprint density at radius 3 is 2.32 bits per heavy atom. The minimum Gasteiger partial charge on any atom is -0.489 e. The molecule has 0 unspecified atom stereocenters. The number of aromatic nitrogens is 1. The van der Waals surface area contributed by atoms with Gasteiger partial charge in [0, 0.05) is 17.7 Å². The monoisotopic (exact) mass is 499 g/mol. The molecular weight excluding hydrogens is 479 g/mol. The molecule has 0 aliphatic carbocycles. The van der Waals surface area contributed by atoms with E-state index in [0.717, 1.165) is 18.4 Å². The molecular formula is C22H20F3NO7S. The Labute approximate surface area is 192 Å². The van der Waals surface area contributed by atoms with Crippen LogP contribution in [0.25, 0.3) is 0 Å². The minimum absolute atomic E-state index is 0.135. The molecule has 2 aromatic carbocycles. The van der Waals surface area contributed by atoms with Gasteiger partial charge in [-0.05, 0) is 42.3 Å². The molecule has 0 aliphatic heterocycles. The van der Waals surface area contributed by atoms with Crippen molar-refractivity contribution in [2.24, 2.45) is 0 Å². The fourth-order valence-corrected chi connectivity index (χ4v) is 4.21. The molecule has 1 atom stereocenters. The molecule has 1 heterocycles. The smallest absolute Gasteiger partial charge is 0.489 e. The van der Waals surface area contributed by atoms with Crippen LogP contribution in [0.2, 0.25) is 0 Å². The summed E-state index contributed by atoms with van der Waals surface area (Å²) in [4.78, 5) is 10.8. The Morgan fingerprint density at radius 1 is 1.12 bits per heavy atom. The van der Waals surface area contributed by atoms with Crippen molar-refractivity contribution in [1.29, 1.82) is 0 Å². The summed E-state index contributed by atoms with van der Waals surface area (Å²) < 4.78 is 75.9. The highest BCUT2D eigenvalue weighted by molar-refractivity contribution is 7.90. The van der Waals surface area contributed by atoms with Crippen LogP contribution >= 0.6 is 0 Å². The van der Waals surface area contributed by atoms with Crippen molar-refractivity contribution >= 4 is 15.8 Å². The molecule has 0 bridgehead atoms. The third-order valence-corrected chi connectivity index (χ3v) is 6.16. The zero-order valence-corrected chi connectivity index (χ0v) is 18.8. The van der Waals surface area contributed by atoms with Crippen LogP contribution in [-0.4, -0.2) is 37.3 Å². The van der Waals surface area contributed by atoms with E-state index in [0.29, 0.717) is 22.6 Å². The molecule has 3 aromatic rings. The molecule has 0 saturated heterocycles. The van der Waals surface area contributed by atoms with Crippen LogP contribution in [-0.2, 0) is 26.7 Å². The van der Waals surface area contributed by atoms with Crippen LogP contribution in [0.3, 0.4) is 0 Å². The second kappa shape index (κ2) is 9.37. The molecule has 0 radical (unpaired) electrons. The lowest BCUT2D eigenvalue weighted by Gasteiger charge is -2.26. The number of hydrogen-bond acceptors (Lipinski definition) is 7.